The van der Waals surface area contributed by atoms with Crippen LogP contribution in [0.25, 0.3) is 0 Å². The van der Waals surface area contributed by atoms with Gasteiger partial charge in [0.05, 0.1) is 0 Å². The summed E-state index contributed by atoms with van der Waals surface area (Å²) in [5.74, 6) is 2.33. The summed E-state index contributed by atoms with van der Waals surface area (Å²) in [5, 5.41) is 14.0. The Labute approximate surface area is 177 Å². The Balaban J connectivity index is 1.16. The third kappa shape index (κ3) is 4.07. The molecule has 0 aromatic heterocycles. The maximum Gasteiger partial charge on any atom is 0.172 e. The molecule has 0 saturated heterocycles. The van der Waals surface area contributed by atoms with Crippen molar-refractivity contribution in [3.63, 3.8) is 0 Å². The first-order valence-electron chi connectivity index (χ1n) is 10.7. The van der Waals surface area contributed by atoms with E-state index in [2.05, 4.69) is 41.7 Å². The highest BCUT2D eigenvalue weighted by molar-refractivity contribution is 5.55. The van der Waals surface area contributed by atoms with Crippen LogP contribution in [0.3, 0.4) is 0 Å². The molecule has 1 heterocycles. The molecule has 1 aliphatic heterocycles. The zero-order valence-corrected chi connectivity index (χ0v) is 17.0. The molecule has 0 fully saturated rings. The molecule has 0 spiro atoms. The molecule has 4 heteroatoms. The number of aryl methyl sites for hydroxylation is 1. The minimum Gasteiger partial charge on any atom is -0.487 e. The number of aliphatic hydroxyl groups excluding tert-OH is 1. The molecule has 0 amide bonds. The number of hydrogen-bond donors (Lipinski definition) is 2. The molecule has 5 rings (SSSR count). The number of benzene rings is 3. The van der Waals surface area contributed by atoms with Crippen molar-refractivity contribution in [2.45, 2.75) is 37.8 Å². The van der Waals surface area contributed by atoms with E-state index in [0.29, 0.717) is 18.3 Å². The van der Waals surface area contributed by atoms with E-state index in [4.69, 9.17) is 9.47 Å². The molecule has 2 N–H and O–H groups in total. The molecule has 0 saturated carbocycles. The predicted molar refractivity (Wildman–Crippen MR) is 118 cm³/mol. The highest BCUT2D eigenvalue weighted by Gasteiger charge is 2.22. The van der Waals surface area contributed by atoms with Gasteiger partial charge in [0.2, 0.25) is 0 Å². The van der Waals surface area contributed by atoms with Gasteiger partial charge in [0.15, 0.2) is 11.5 Å². The first-order chi connectivity index (χ1) is 14.8. The van der Waals surface area contributed by atoms with Gasteiger partial charge in [-0.2, -0.15) is 0 Å². The summed E-state index contributed by atoms with van der Waals surface area (Å²) in [4.78, 5) is 0. The average Bonchev–Trinajstić information content (AvgIpc) is 2.80. The molecular formula is C26H27NO3. The third-order valence-electron chi connectivity index (χ3n) is 6.05. The Kier molecular flexibility index (Phi) is 5.43. The quantitative estimate of drug-likeness (QED) is 0.507. The second-order valence-electron chi connectivity index (χ2n) is 8.21. The molecule has 2 atom stereocenters. The predicted octanol–water partition coefficient (Wildman–Crippen LogP) is 4.27. The second kappa shape index (κ2) is 8.50. The van der Waals surface area contributed by atoms with Crippen LogP contribution in [0.2, 0.25) is 0 Å². The highest BCUT2D eigenvalue weighted by atomic mass is 16.5. The first-order valence-corrected chi connectivity index (χ1v) is 10.7. The Bertz CT molecular complexity index is 1030. The van der Waals surface area contributed by atoms with Crippen LogP contribution in [-0.2, 0) is 19.3 Å². The van der Waals surface area contributed by atoms with Crippen LogP contribution >= 0.6 is 0 Å². The van der Waals surface area contributed by atoms with Crippen LogP contribution in [0.1, 0.15) is 28.7 Å². The van der Waals surface area contributed by atoms with Gasteiger partial charge >= 0.3 is 0 Å². The van der Waals surface area contributed by atoms with Gasteiger partial charge < -0.3 is 19.9 Å². The van der Waals surface area contributed by atoms with Gasteiger partial charge in [0, 0.05) is 24.6 Å². The fourth-order valence-corrected chi connectivity index (χ4v) is 4.41. The zero-order chi connectivity index (χ0) is 20.3. The van der Waals surface area contributed by atoms with Crippen molar-refractivity contribution in [2.75, 3.05) is 13.2 Å². The van der Waals surface area contributed by atoms with Crippen molar-refractivity contribution in [3.05, 3.63) is 89.0 Å². The summed E-state index contributed by atoms with van der Waals surface area (Å²) in [5.41, 5.74) is 5.16. The fourth-order valence-electron chi connectivity index (χ4n) is 4.41. The van der Waals surface area contributed by atoms with Gasteiger partial charge in [-0.15, -0.1) is 0 Å². The number of ether oxygens (including phenoxy) is 2. The Hall–Kier alpha value is -2.82. The second-order valence-corrected chi connectivity index (χ2v) is 8.21. The van der Waals surface area contributed by atoms with E-state index in [-0.39, 0.29) is 6.61 Å². The standard InChI is InChI=1S/C26H27NO3/c28-23(16-27-22-13-12-18-6-1-2-7-19(18)15-22)17-29-25-11-5-9-21-14-20-8-3-4-10-24(20)30-26(21)25/h1-11,22-23,27-28H,12-17H2. The number of para-hydroxylation sites is 2. The number of aliphatic hydroxyl groups is 1. The first kappa shape index (κ1) is 19.2. The topological polar surface area (TPSA) is 50.7 Å². The molecule has 2 aliphatic rings. The monoisotopic (exact) mass is 401 g/mol. The van der Waals surface area contributed by atoms with Gasteiger partial charge in [0.25, 0.3) is 0 Å². The molecule has 2 unspecified atom stereocenters. The molecule has 0 radical (unpaired) electrons. The Morgan fingerprint density at radius 3 is 2.60 bits per heavy atom. The smallest absolute Gasteiger partial charge is 0.172 e. The van der Waals surface area contributed by atoms with Gasteiger partial charge in [-0.05, 0) is 48.1 Å². The summed E-state index contributed by atoms with van der Waals surface area (Å²) < 4.78 is 12.1. The van der Waals surface area contributed by atoms with Crippen molar-refractivity contribution in [1.29, 1.82) is 0 Å². The van der Waals surface area contributed by atoms with Crippen molar-refractivity contribution in [3.8, 4) is 17.2 Å². The summed E-state index contributed by atoms with van der Waals surface area (Å²) in [6.45, 7) is 0.753. The van der Waals surface area contributed by atoms with E-state index in [1.807, 2.05) is 30.3 Å². The number of nitrogens with one attached hydrogen (secondary N) is 1. The van der Waals surface area contributed by atoms with Gasteiger partial charge in [-0.1, -0.05) is 54.6 Å². The molecule has 154 valence electrons. The third-order valence-corrected chi connectivity index (χ3v) is 6.05. The lowest BCUT2D eigenvalue weighted by Crippen LogP contribution is -2.40. The average molecular weight is 402 g/mol. The zero-order valence-electron chi connectivity index (χ0n) is 17.0. The van der Waals surface area contributed by atoms with Gasteiger partial charge in [-0.3, -0.25) is 0 Å². The van der Waals surface area contributed by atoms with Gasteiger partial charge in [-0.25, -0.2) is 0 Å². The van der Waals surface area contributed by atoms with Crippen LogP contribution in [0.5, 0.6) is 17.2 Å². The fraction of sp³-hybridized carbons (Fsp3) is 0.308. The van der Waals surface area contributed by atoms with Crippen molar-refractivity contribution >= 4 is 0 Å². The van der Waals surface area contributed by atoms with Crippen LogP contribution in [0, 0.1) is 0 Å². The summed E-state index contributed by atoms with van der Waals surface area (Å²) in [7, 11) is 0. The summed E-state index contributed by atoms with van der Waals surface area (Å²) in [6, 6.07) is 23.1. The maximum atomic E-state index is 10.5. The molecule has 1 aliphatic carbocycles. The van der Waals surface area contributed by atoms with Crippen LogP contribution < -0.4 is 14.8 Å². The summed E-state index contributed by atoms with van der Waals surface area (Å²) in [6.07, 6.45) is 3.47. The molecular weight excluding hydrogens is 374 g/mol. The molecule has 3 aromatic carbocycles. The molecule has 0 bridgehead atoms. The normalized spacial score (nSPS) is 17.8. The lowest BCUT2D eigenvalue weighted by atomic mass is 9.88. The number of fused-ring (bicyclic) bond motifs is 3. The van der Waals surface area contributed by atoms with Crippen LogP contribution in [0.15, 0.2) is 66.7 Å². The Morgan fingerprint density at radius 1 is 0.933 bits per heavy atom. The van der Waals surface area contributed by atoms with Crippen LogP contribution in [0.4, 0.5) is 0 Å². The lowest BCUT2D eigenvalue weighted by molar-refractivity contribution is 0.101. The number of rotatable bonds is 6. The minimum atomic E-state index is -0.575. The SMILES string of the molecule is OC(CNC1CCc2ccccc2C1)COc1cccc2c1Oc1ccccc1C2. The lowest BCUT2D eigenvalue weighted by Gasteiger charge is -2.27. The van der Waals surface area contributed by atoms with Crippen LogP contribution in [-0.4, -0.2) is 30.4 Å². The van der Waals surface area contributed by atoms with E-state index in [1.165, 1.54) is 16.7 Å². The van der Waals surface area contributed by atoms with E-state index in [0.717, 1.165) is 42.7 Å². The van der Waals surface area contributed by atoms with Crippen molar-refractivity contribution < 1.29 is 14.6 Å². The maximum absolute atomic E-state index is 10.5. The van der Waals surface area contributed by atoms with E-state index >= 15 is 0 Å². The van der Waals surface area contributed by atoms with Crippen molar-refractivity contribution in [2.24, 2.45) is 0 Å². The van der Waals surface area contributed by atoms with Crippen molar-refractivity contribution in [1.82, 2.24) is 5.32 Å². The van der Waals surface area contributed by atoms with E-state index < -0.39 is 6.10 Å². The van der Waals surface area contributed by atoms with E-state index in [9.17, 15) is 5.11 Å². The number of hydrogen-bond acceptors (Lipinski definition) is 4. The van der Waals surface area contributed by atoms with Gasteiger partial charge in [0.1, 0.15) is 18.5 Å². The Morgan fingerprint density at radius 2 is 1.70 bits per heavy atom. The molecule has 3 aromatic rings. The highest BCUT2D eigenvalue weighted by Crippen LogP contribution is 2.42. The molecule has 4 nitrogen and oxygen atoms in total. The van der Waals surface area contributed by atoms with E-state index in [1.54, 1.807) is 0 Å². The largest absolute Gasteiger partial charge is 0.487 e. The minimum absolute atomic E-state index is 0.234. The molecule has 30 heavy (non-hydrogen) atoms. The summed E-state index contributed by atoms with van der Waals surface area (Å²) >= 11 is 0.